The van der Waals surface area contributed by atoms with Crippen molar-refractivity contribution in [1.29, 1.82) is 0 Å². The van der Waals surface area contributed by atoms with Gasteiger partial charge < -0.3 is 19.9 Å². The van der Waals surface area contributed by atoms with Crippen LogP contribution in [-0.2, 0) is 16.1 Å². The van der Waals surface area contributed by atoms with Gasteiger partial charge in [-0.05, 0) is 20.8 Å². The quantitative estimate of drug-likeness (QED) is 0.871. The van der Waals surface area contributed by atoms with Crippen molar-refractivity contribution >= 4 is 12.0 Å². The second kappa shape index (κ2) is 7.83. The Bertz CT molecular complexity index is 719. The Kier molecular flexibility index (Phi) is 5.80. The predicted octanol–water partition coefficient (Wildman–Crippen LogP) is 2.19. The number of aromatic nitrogens is 2. The summed E-state index contributed by atoms with van der Waals surface area (Å²) in [5.41, 5.74) is 1.15. The van der Waals surface area contributed by atoms with Crippen LogP contribution in [0.25, 0.3) is 11.3 Å². The van der Waals surface area contributed by atoms with E-state index in [0.717, 1.165) is 11.3 Å². The molecule has 0 aliphatic heterocycles. The minimum Gasteiger partial charge on any atom is -0.444 e. The van der Waals surface area contributed by atoms with Crippen LogP contribution < -0.4 is 10.6 Å². The molecule has 0 saturated heterocycles. The Morgan fingerprint density at radius 3 is 2.52 bits per heavy atom. The smallest absolute Gasteiger partial charge is 0.408 e. The molecular formula is C18H24N4O3. The molecule has 2 N–H and O–H groups in total. The number of likely N-dealkylation sites (N-methyl/N-ethyl adjacent to an activating group) is 1. The van der Waals surface area contributed by atoms with Crippen molar-refractivity contribution in [3.63, 3.8) is 0 Å². The maximum Gasteiger partial charge on any atom is 0.408 e. The number of alkyl carbamates (subject to hydrolysis) is 1. The highest BCUT2D eigenvalue weighted by Gasteiger charge is 2.24. The number of rotatable bonds is 5. The first-order valence-corrected chi connectivity index (χ1v) is 8.07. The third-order valence-corrected chi connectivity index (χ3v) is 3.35. The number of carbonyl (C=O) groups is 2. The van der Waals surface area contributed by atoms with Crippen LogP contribution in [0.4, 0.5) is 4.79 Å². The van der Waals surface area contributed by atoms with Gasteiger partial charge in [0.25, 0.3) is 0 Å². The molecular weight excluding hydrogens is 320 g/mol. The largest absolute Gasteiger partial charge is 0.444 e. The summed E-state index contributed by atoms with van der Waals surface area (Å²) in [4.78, 5) is 28.4. The fraction of sp³-hybridized carbons (Fsp3) is 0.389. The van der Waals surface area contributed by atoms with Gasteiger partial charge in [-0.2, -0.15) is 0 Å². The SMILES string of the molecule is CNC(=O)[C@H](Cn1cnc(-c2ccccc2)c1)NC(=O)OC(C)(C)C. The molecule has 0 saturated carbocycles. The van der Waals surface area contributed by atoms with Crippen molar-refractivity contribution in [1.82, 2.24) is 20.2 Å². The molecule has 0 unspecified atom stereocenters. The first kappa shape index (κ1) is 18.5. The average molecular weight is 344 g/mol. The molecule has 0 spiro atoms. The van der Waals surface area contributed by atoms with E-state index in [4.69, 9.17) is 4.74 Å². The predicted molar refractivity (Wildman–Crippen MR) is 94.9 cm³/mol. The molecule has 25 heavy (non-hydrogen) atoms. The Morgan fingerprint density at radius 2 is 1.92 bits per heavy atom. The minimum absolute atomic E-state index is 0.249. The lowest BCUT2D eigenvalue weighted by Crippen LogP contribution is -2.49. The van der Waals surface area contributed by atoms with Gasteiger partial charge in [0.1, 0.15) is 11.6 Å². The van der Waals surface area contributed by atoms with Crippen molar-refractivity contribution in [2.75, 3.05) is 7.05 Å². The number of hydrogen-bond donors (Lipinski definition) is 2. The van der Waals surface area contributed by atoms with E-state index in [0.29, 0.717) is 0 Å². The number of nitrogens with zero attached hydrogens (tertiary/aromatic N) is 2. The van der Waals surface area contributed by atoms with Gasteiger partial charge in [-0.25, -0.2) is 9.78 Å². The fourth-order valence-electron chi connectivity index (χ4n) is 2.25. The molecule has 1 atom stereocenters. The zero-order chi connectivity index (χ0) is 18.4. The molecule has 0 radical (unpaired) electrons. The Labute approximate surface area is 147 Å². The van der Waals surface area contributed by atoms with E-state index in [1.54, 1.807) is 31.7 Å². The normalized spacial score (nSPS) is 12.3. The number of carbonyl (C=O) groups excluding carboxylic acids is 2. The zero-order valence-electron chi connectivity index (χ0n) is 14.9. The summed E-state index contributed by atoms with van der Waals surface area (Å²) in [6.07, 6.45) is 2.83. The van der Waals surface area contributed by atoms with E-state index in [9.17, 15) is 9.59 Å². The minimum atomic E-state index is -0.766. The molecule has 1 heterocycles. The summed E-state index contributed by atoms with van der Waals surface area (Å²) in [5.74, 6) is -0.305. The zero-order valence-corrected chi connectivity index (χ0v) is 14.9. The summed E-state index contributed by atoms with van der Waals surface area (Å²) in [6, 6.07) is 8.96. The van der Waals surface area contributed by atoms with Gasteiger partial charge in [0.15, 0.2) is 0 Å². The van der Waals surface area contributed by atoms with Crippen LogP contribution in [0.5, 0.6) is 0 Å². The standard InChI is InChI=1S/C18H24N4O3/c1-18(2,3)25-17(24)21-15(16(23)19-4)11-22-10-14(20-12-22)13-8-6-5-7-9-13/h5-10,12,15H,11H2,1-4H3,(H,19,23)(H,21,24)/t15-/m0/s1. The molecule has 7 nitrogen and oxygen atoms in total. The van der Waals surface area contributed by atoms with Gasteiger partial charge in [0, 0.05) is 18.8 Å². The van der Waals surface area contributed by atoms with Gasteiger partial charge in [-0.3, -0.25) is 4.79 Å². The van der Waals surface area contributed by atoms with E-state index in [2.05, 4.69) is 15.6 Å². The lowest BCUT2D eigenvalue weighted by Gasteiger charge is -2.23. The van der Waals surface area contributed by atoms with E-state index in [-0.39, 0.29) is 12.5 Å². The van der Waals surface area contributed by atoms with Crippen LogP contribution in [0.2, 0.25) is 0 Å². The molecule has 0 aliphatic carbocycles. The average Bonchev–Trinajstić information content (AvgIpc) is 3.01. The van der Waals surface area contributed by atoms with Crippen LogP contribution in [-0.4, -0.2) is 40.2 Å². The molecule has 0 aliphatic rings. The van der Waals surface area contributed by atoms with E-state index in [1.165, 1.54) is 7.05 Å². The van der Waals surface area contributed by atoms with Crippen molar-refractivity contribution in [3.05, 3.63) is 42.9 Å². The summed E-state index contributed by atoms with van der Waals surface area (Å²) in [5, 5.41) is 5.15. The van der Waals surface area contributed by atoms with E-state index in [1.807, 2.05) is 36.5 Å². The van der Waals surface area contributed by atoms with E-state index < -0.39 is 17.7 Å². The highest BCUT2D eigenvalue weighted by molar-refractivity contribution is 5.85. The second-order valence-corrected chi connectivity index (χ2v) is 6.63. The molecule has 1 aromatic carbocycles. The third kappa shape index (κ3) is 5.63. The van der Waals surface area contributed by atoms with Crippen molar-refractivity contribution in [3.8, 4) is 11.3 Å². The number of ether oxygens (including phenoxy) is 1. The Hall–Kier alpha value is -2.83. The number of hydrogen-bond acceptors (Lipinski definition) is 4. The molecule has 2 rings (SSSR count). The first-order valence-electron chi connectivity index (χ1n) is 8.07. The molecule has 2 amide bonds. The molecule has 1 aromatic heterocycles. The van der Waals surface area contributed by atoms with Crippen molar-refractivity contribution in [2.24, 2.45) is 0 Å². The number of nitrogens with one attached hydrogen (secondary N) is 2. The summed E-state index contributed by atoms with van der Waals surface area (Å²) >= 11 is 0. The van der Waals surface area contributed by atoms with Crippen molar-refractivity contribution < 1.29 is 14.3 Å². The molecule has 2 aromatic rings. The van der Waals surface area contributed by atoms with Gasteiger partial charge in [0.2, 0.25) is 5.91 Å². The maximum atomic E-state index is 12.1. The summed E-state index contributed by atoms with van der Waals surface area (Å²) in [7, 11) is 1.52. The van der Waals surface area contributed by atoms with Crippen LogP contribution in [0.15, 0.2) is 42.9 Å². The highest BCUT2D eigenvalue weighted by atomic mass is 16.6. The molecule has 134 valence electrons. The van der Waals surface area contributed by atoms with E-state index >= 15 is 0 Å². The third-order valence-electron chi connectivity index (χ3n) is 3.35. The van der Waals surface area contributed by atoms with Crippen LogP contribution in [0.3, 0.4) is 0 Å². The Balaban J connectivity index is 2.08. The maximum absolute atomic E-state index is 12.1. The van der Waals surface area contributed by atoms with Gasteiger partial charge in [-0.1, -0.05) is 30.3 Å². The monoisotopic (exact) mass is 344 g/mol. The van der Waals surface area contributed by atoms with Crippen LogP contribution in [0.1, 0.15) is 20.8 Å². The van der Waals surface area contributed by atoms with Gasteiger partial charge >= 0.3 is 6.09 Å². The molecule has 0 fully saturated rings. The fourth-order valence-corrected chi connectivity index (χ4v) is 2.25. The lowest BCUT2D eigenvalue weighted by atomic mass is 10.2. The summed E-state index contributed by atoms with van der Waals surface area (Å²) < 4.78 is 6.98. The van der Waals surface area contributed by atoms with Crippen molar-refractivity contribution in [2.45, 2.75) is 39.0 Å². The van der Waals surface area contributed by atoms with Gasteiger partial charge in [-0.15, -0.1) is 0 Å². The number of benzene rings is 1. The second-order valence-electron chi connectivity index (χ2n) is 6.63. The summed E-state index contributed by atoms with van der Waals surface area (Å²) in [6.45, 7) is 5.55. The lowest BCUT2D eigenvalue weighted by molar-refractivity contribution is -0.123. The van der Waals surface area contributed by atoms with Gasteiger partial charge in [0.05, 0.1) is 18.6 Å². The van der Waals surface area contributed by atoms with Crippen LogP contribution in [0, 0.1) is 0 Å². The number of imidazole rings is 1. The topological polar surface area (TPSA) is 85.3 Å². The Morgan fingerprint density at radius 1 is 1.24 bits per heavy atom. The van der Waals surface area contributed by atoms with Crippen LogP contribution >= 0.6 is 0 Å². The number of amides is 2. The highest BCUT2D eigenvalue weighted by Crippen LogP contribution is 2.16. The molecule has 0 bridgehead atoms. The first-order chi connectivity index (χ1) is 11.8. The molecule has 7 heteroatoms.